The average Bonchev–Trinajstić information content (AvgIpc) is 3.05. The van der Waals surface area contributed by atoms with E-state index in [1.54, 1.807) is 0 Å². The number of hydrogen-bond donors (Lipinski definition) is 0. The molecule has 2 aliphatic heterocycles. The second-order valence-corrected chi connectivity index (χ2v) is 15.2. The van der Waals surface area contributed by atoms with Gasteiger partial charge in [-0.15, -0.1) is 0 Å². The normalized spacial score (nSPS) is 18.8. The highest BCUT2D eigenvalue weighted by molar-refractivity contribution is 6.41. The van der Waals surface area contributed by atoms with E-state index < -0.39 is 11.6 Å². The first-order valence-electron chi connectivity index (χ1n) is 17.5. The van der Waals surface area contributed by atoms with Gasteiger partial charge in [-0.1, -0.05) is 57.4 Å². The zero-order chi connectivity index (χ0) is 33.8. The maximum atomic E-state index is 14.3. The van der Waals surface area contributed by atoms with Crippen molar-refractivity contribution in [3.05, 3.63) is 70.8 Å². The Bertz CT molecular complexity index is 2090. The molecule has 4 amide bonds. The van der Waals surface area contributed by atoms with Crippen LogP contribution in [0.25, 0.3) is 43.1 Å². The number of ether oxygens (including phenoxy) is 1. The van der Waals surface area contributed by atoms with Crippen molar-refractivity contribution in [1.82, 2.24) is 9.80 Å². The van der Waals surface area contributed by atoms with E-state index in [9.17, 15) is 19.2 Å². The van der Waals surface area contributed by atoms with Crippen molar-refractivity contribution in [2.45, 2.75) is 104 Å². The van der Waals surface area contributed by atoms with Crippen molar-refractivity contribution < 1.29 is 23.9 Å². The van der Waals surface area contributed by atoms with Gasteiger partial charge in [0.15, 0.2) is 0 Å². The molecule has 5 aromatic rings. The zero-order valence-electron chi connectivity index (χ0n) is 28.6. The lowest BCUT2D eigenvalue weighted by Crippen LogP contribution is -2.56. The standard InChI is InChI=1S/C41H42N2O5/c1-21(2)20-22(3)48-41(5,6)23(4)42-37(44)29-16-12-25-27-14-18-31-36-32(40(47)43(39(31)46)24-10-8-7-9-11-24)19-15-28(34(27)36)26-13-17-30(38(42)45)35(29)33(25)26/h12-19,21-24H,7-11,20H2,1-6H3. The number of nitrogens with zero attached hydrogens (tertiary/aromatic N) is 2. The molecule has 0 bridgehead atoms. The molecule has 2 unspecified atom stereocenters. The summed E-state index contributed by atoms with van der Waals surface area (Å²) >= 11 is 0. The van der Waals surface area contributed by atoms with Crippen LogP contribution in [-0.4, -0.2) is 57.2 Å². The Labute approximate surface area is 280 Å². The topological polar surface area (TPSA) is 84.0 Å². The Balaban J connectivity index is 1.27. The van der Waals surface area contributed by atoms with E-state index >= 15 is 0 Å². The summed E-state index contributed by atoms with van der Waals surface area (Å²) in [4.78, 5) is 59.4. The lowest BCUT2D eigenvalue weighted by atomic mass is 9.81. The van der Waals surface area contributed by atoms with Gasteiger partial charge in [-0.3, -0.25) is 29.0 Å². The van der Waals surface area contributed by atoms with Crippen molar-refractivity contribution in [1.29, 1.82) is 0 Å². The molecule has 246 valence electrons. The SMILES string of the molecule is CC(C)CC(C)OC(C)(C)C(C)N1C(=O)c2ccc3c4ccc5c6c(ccc(c7ccc(c2c37)C1=O)c64)C(=O)N(C1CCCCC1)C5=O. The minimum Gasteiger partial charge on any atom is -0.370 e. The molecular weight excluding hydrogens is 600 g/mol. The van der Waals surface area contributed by atoms with Crippen molar-refractivity contribution in [3.8, 4) is 0 Å². The molecule has 3 aliphatic rings. The fourth-order valence-corrected chi connectivity index (χ4v) is 8.97. The minimum atomic E-state index is -0.766. The summed E-state index contributed by atoms with van der Waals surface area (Å²) in [7, 11) is 0. The molecule has 0 saturated heterocycles. The lowest BCUT2D eigenvalue weighted by molar-refractivity contribution is -0.102. The van der Waals surface area contributed by atoms with Crippen LogP contribution in [0.4, 0.5) is 0 Å². The number of benzene rings is 5. The first-order chi connectivity index (χ1) is 22.9. The van der Waals surface area contributed by atoms with Gasteiger partial charge < -0.3 is 4.74 Å². The number of carbonyl (C=O) groups excluding carboxylic acids is 4. The fraction of sp³-hybridized carbons (Fsp3) is 0.415. The van der Waals surface area contributed by atoms with Gasteiger partial charge in [0.05, 0.1) is 17.7 Å². The fourth-order valence-electron chi connectivity index (χ4n) is 8.97. The van der Waals surface area contributed by atoms with Crippen LogP contribution in [0, 0.1) is 5.92 Å². The highest BCUT2D eigenvalue weighted by Crippen LogP contribution is 2.47. The number of fused-ring (bicyclic) bond motifs is 2. The van der Waals surface area contributed by atoms with Crippen LogP contribution >= 0.6 is 0 Å². The Morgan fingerprint density at radius 1 is 0.625 bits per heavy atom. The Kier molecular flexibility index (Phi) is 6.98. The number of imide groups is 2. The Morgan fingerprint density at radius 2 is 1.04 bits per heavy atom. The molecule has 7 heteroatoms. The monoisotopic (exact) mass is 642 g/mol. The van der Waals surface area contributed by atoms with Crippen molar-refractivity contribution in [2.75, 3.05) is 0 Å². The molecule has 48 heavy (non-hydrogen) atoms. The maximum absolute atomic E-state index is 14.3. The van der Waals surface area contributed by atoms with Crippen molar-refractivity contribution in [2.24, 2.45) is 5.92 Å². The highest BCUT2D eigenvalue weighted by Gasteiger charge is 2.44. The summed E-state index contributed by atoms with van der Waals surface area (Å²) < 4.78 is 6.45. The molecule has 8 rings (SSSR count). The summed E-state index contributed by atoms with van der Waals surface area (Å²) in [6.45, 7) is 12.1. The number of carbonyl (C=O) groups is 4. The van der Waals surface area contributed by atoms with Gasteiger partial charge >= 0.3 is 0 Å². The largest absolute Gasteiger partial charge is 0.370 e. The molecule has 0 radical (unpaired) electrons. The molecule has 1 saturated carbocycles. The third-order valence-corrected chi connectivity index (χ3v) is 11.3. The maximum Gasteiger partial charge on any atom is 0.261 e. The van der Waals surface area contributed by atoms with Gasteiger partial charge in [0.25, 0.3) is 23.6 Å². The van der Waals surface area contributed by atoms with Gasteiger partial charge in [0.2, 0.25) is 0 Å². The molecule has 5 aromatic carbocycles. The van der Waals surface area contributed by atoms with Crippen LogP contribution in [0.2, 0.25) is 0 Å². The van der Waals surface area contributed by atoms with Crippen LogP contribution in [0.15, 0.2) is 48.5 Å². The van der Waals surface area contributed by atoms with Crippen LogP contribution in [0.1, 0.15) is 121 Å². The van der Waals surface area contributed by atoms with Crippen LogP contribution in [0.3, 0.4) is 0 Å². The van der Waals surface area contributed by atoms with Gasteiger partial charge in [0, 0.05) is 39.1 Å². The molecule has 0 N–H and O–H groups in total. The third kappa shape index (κ3) is 4.29. The smallest absolute Gasteiger partial charge is 0.261 e. The number of amides is 4. The summed E-state index contributed by atoms with van der Waals surface area (Å²) in [6, 6.07) is 14.7. The quantitative estimate of drug-likeness (QED) is 0.101. The van der Waals surface area contributed by atoms with E-state index in [0.717, 1.165) is 70.8 Å². The molecule has 1 aliphatic carbocycles. The highest BCUT2D eigenvalue weighted by atomic mass is 16.5. The second-order valence-electron chi connectivity index (χ2n) is 15.2. The van der Waals surface area contributed by atoms with Crippen LogP contribution < -0.4 is 0 Å². The third-order valence-electron chi connectivity index (χ3n) is 11.3. The van der Waals surface area contributed by atoms with Crippen LogP contribution in [-0.2, 0) is 4.74 Å². The Hall–Kier alpha value is -4.36. The summed E-state index contributed by atoms with van der Waals surface area (Å²) in [6.07, 6.45) is 5.74. The minimum absolute atomic E-state index is 0.0267. The molecule has 1 fully saturated rings. The van der Waals surface area contributed by atoms with Crippen LogP contribution in [0.5, 0.6) is 0 Å². The van der Waals surface area contributed by atoms with Gasteiger partial charge in [-0.05, 0) is 109 Å². The van der Waals surface area contributed by atoms with Gasteiger partial charge in [-0.2, -0.15) is 0 Å². The van der Waals surface area contributed by atoms with E-state index in [0.29, 0.717) is 38.9 Å². The predicted octanol–water partition coefficient (Wildman–Crippen LogP) is 8.88. The van der Waals surface area contributed by atoms with E-state index in [1.165, 1.54) is 9.80 Å². The summed E-state index contributed by atoms with van der Waals surface area (Å²) in [5.74, 6) is -0.617. The van der Waals surface area contributed by atoms with Gasteiger partial charge in [-0.25, -0.2) is 0 Å². The first kappa shape index (κ1) is 30.9. The van der Waals surface area contributed by atoms with Gasteiger partial charge in [0.1, 0.15) is 0 Å². The number of rotatable bonds is 7. The molecule has 0 aromatic heterocycles. The summed E-state index contributed by atoms with van der Waals surface area (Å²) in [5.41, 5.74) is 1.34. The molecule has 2 atom stereocenters. The lowest BCUT2D eigenvalue weighted by Gasteiger charge is -2.42. The van der Waals surface area contributed by atoms with E-state index in [-0.39, 0.29) is 35.8 Å². The first-order valence-corrected chi connectivity index (χ1v) is 17.5. The van der Waals surface area contributed by atoms with E-state index in [2.05, 4.69) is 13.8 Å². The molecular formula is C41H42N2O5. The molecule has 7 nitrogen and oxygen atoms in total. The van der Waals surface area contributed by atoms with E-state index in [4.69, 9.17) is 4.74 Å². The molecule has 0 spiro atoms. The summed E-state index contributed by atoms with van der Waals surface area (Å²) in [5, 5.41) is 6.68. The van der Waals surface area contributed by atoms with E-state index in [1.807, 2.05) is 76.2 Å². The number of hydrogen-bond acceptors (Lipinski definition) is 5. The predicted molar refractivity (Wildman–Crippen MR) is 189 cm³/mol. The molecule has 2 heterocycles. The van der Waals surface area contributed by atoms with Crippen molar-refractivity contribution in [3.63, 3.8) is 0 Å². The van der Waals surface area contributed by atoms with Crippen molar-refractivity contribution >= 4 is 66.7 Å². The average molecular weight is 643 g/mol. The second kappa shape index (κ2) is 10.8. The zero-order valence-corrected chi connectivity index (χ0v) is 28.6. The Morgan fingerprint density at radius 3 is 1.46 bits per heavy atom.